The number of nitrogens with one attached hydrogen (secondary N) is 1. The Morgan fingerprint density at radius 1 is 1.29 bits per heavy atom. The summed E-state index contributed by atoms with van der Waals surface area (Å²) in [7, 11) is 1.73. The van der Waals surface area contributed by atoms with Crippen LogP contribution in [0.1, 0.15) is 22.7 Å². The lowest BCUT2D eigenvalue weighted by Crippen LogP contribution is -2.45. The normalized spacial score (nSPS) is 20.3. The second-order valence-corrected chi connectivity index (χ2v) is 8.82. The number of amides is 1. The van der Waals surface area contributed by atoms with Gasteiger partial charge < -0.3 is 20.9 Å². The first-order valence-corrected chi connectivity index (χ1v) is 11.3. The van der Waals surface area contributed by atoms with E-state index in [1.165, 1.54) is 18.2 Å². The van der Waals surface area contributed by atoms with Crippen molar-refractivity contribution in [2.24, 2.45) is 10.7 Å². The molecule has 3 N–H and O–H groups in total. The van der Waals surface area contributed by atoms with E-state index in [-0.39, 0.29) is 17.8 Å². The number of aromatic nitrogens is 1. The van der Waals surface area contributed by atoms with Crippen LogP contribution < -0.4 is 11.1 Å². The Kier molecular flexibility index (Phi) is 4.70. The number of para-hydroxylation sites is 1. The molecule has 0 radical (unpaired) electrons. The van der Waals surface area contributed by atoms with Crippen molar-refractivity contribution < 1.29 is 9.18 Å². The number of fused-ring (bicyclic) bond motifs is 6. The van der Waals surface area contributed by atoms with Crippen molar-refractivity contribution in [3.05, 3.63) is 101 Å². The van der Waals surface area contributed by atoms with Crippen LogP contribution in [0.25, 0.3) is 22.2 Å². The monoisotopic (exact) mass is 466 g/mol. The van der Waals surface area contributed by atoms with Crippen LogP contribution in [0.4, 0.5) is 4.39 Å². The molecule has 174 valence electrons. The number of carbonyl (C=O) groups is 1. The summed E-state index contributed by atoms with van der Waals surface area (Å²) in [6.07, 6.45) is 4.29. The maximum absolute atomic E-state index is 14.7. The van der Waals surface area contributed by atoms with Crippen LogP contribution in [-0.4, -0.2) is 46.8 Å². The van der Waals surface area contributed by atoms with Gasteiger partial charge in [-0.25, -0.2) is 9.38 Å². The lowest BCUT2D eigenvalue weighted by atomic mass is 9.89. The molecular formula is C27H23FN6O. The number of nitrogens with zero attached hydrogens (tertiary/aromatic N) is 4. The van der Waals surface area contributed by atoms with Crippen LogP contribution in [0.3, 0.4) is 0 Å². The molecule has 0 saturated carbocycles. The average Bonchev–Trinajstić information content (AvgIpc) is 3.22. The number of halogens is 1. The van der Waals surface area contributed by atoms with Crippen molar-refractivity contribution in [1.29, 1.82) is 0 Å². The van der Waals surface area contributed by atoms with Crippen LogP contribution in [-0.2, 0) is 4.79 Å². The van der Waals surface area contributed by atoms with Crippen molar-refractivity contribution in [1.82, 2.24) is 20.1 Å². The van der Waals surface area contributed by atoms with Gasteiger partial charge in [0.25, 0.3) is 0 Å². The molecule has 0 aliphatic carbocycles. The van der Waals surface area contributed by atoms with Gasteiger partial charge in [-0.3, -0.25) is 9.78 Å². The van der Waals surface area contributed by atoms with Gasteiger partial charge in [-0.1, -0.05) is 30.8 Å². The molecule has 0 saturated heterocycles. The van der Waals surface area contributed by atoms with Crippen LogP contribution in [0.2, 0.25) is 0 Å². The third kappa shape index (κ3) is 3.13. The molecule has 35 heavy (non-hydrogen) atoms. The SMILES string of the molecule is C=CC(=O)N(C)C1CN2C(=C(c3cnc4ccccc4c3)C3=C(N)NC=NC32)c2cc(F)ccc21. The van der Waals surface area contributed by atoms with Crippen LogP contribution >= 0.6 is 0 Å². The van der Waals surface area contributed by atoms with Crippen LogP contribution in [0.15, 0.2) is 83.8 Å². The first-order chi connectivity index (χ1) is 17.0. The van der Waals surface area contributed by atoms with E-state index >= 15 is 0 Å². The summed E-state index contributed by atoms with van der Waals surface area (Å²) < 4.78 is 14.7. The Labute approximate surface area is 201 Å². The second-order valence-electron chi connectivity index (χ2n) is 8.82. The van der Waals surface area contributed by atoms with Gasteiger partial charge in [-0.2, -0.15) is 0 Å². The third-order valence-corrected chi connectivity index (χ3v) is 6.94. The summed E-state index contributed by atoms with van der Waals surface area (Å²) in [6, 6.07) is 14.4. The molecule has 0 fully saturated rings. The Balaban J connectivity index is 1.64. The first-order valence-electron chi connectivity index (χ1n) is 11.3. The zero-order valence-electron chi connectivity index (χ0n) is 19.1. The van der Waals surface area contributed by atoms with Gasteiger partial charge in [0.05, 0.1) is 23.6 Å². The summed E-state index contributed by atoms with van der Waals surface area (Å²) >= 11 is 0. The van der Waals surface area contributed by atoms with E-state index in [9.17, 15) is 9.18 Å². The molecule has 2 atom stereocenters. The molecule has 6 rings (SSSR count). The molecule has 3 aliphatic heterocycles. The Bertz CT molecular complexity index is 1510. The Hall–Kier alpha value is -4.46. The molecule has 1 amide bonds. The smallest absolute Gasteiger partial charge is 0.246 e. The molecule has 3 aliphatic rings. The maximum atomic E-state index is 14.7. The van der Waals surface area contributed by atoms with Crippen molar-refractivity contribution >= 4 is 34.4 Å². The Morgan fingerprint density at radius 3 is 2.94 bits per heavy atom. The molecule has 2 aromatic carbocycles. The van der Waals surface area contributed by atoms with Crippen LogP contribution in [0, 0.1) is 5.82 Å². The predicted molar refractivity (Wildman–Crippen MR) is 134 cm³/mol. The Morgan fingerprint density at radius 2 is 2.11 bits per heavy atom. The minimum absolute atomic E-state index is 0.208. The maximum Gasteiger partial charge on any atom is 0.246 e. The minimum atomic E-state index is -0.404. The highest BCUT2D eigenvalue weighted by molar-refractivity contribution is 6.04. The molecule has 1 aromatic heterocycles. The van der Waals surface area contributed by atoms with E-state index in [1.54, 1.807) is 24.4 Å². The van der Waals surface area contributed by atoms with Gasteiger partial charge in [0.15, 0.2) is 6.17 Å². The van der Waals surface area contributed by atoms with Crippen LogP contribution in [0.5, 0.6) is 0 Å². The number of rotatable bonds is 3. The summed E-state index contributed by atoms with van der Waals surface area (Å²) in [4.78, 5) is 25.6. The fraction of sp³-hybridized carbons (Fsp3) is 0.148. The van der Waals surface area contributed by atoms with Gasteiger partial charge in [0.1, 0.15) is 11.6 Å². The van der Waals surface area contributed by atoms with E-state index < -0.39 is 6.17 Å². The lowest BCUT2D eigenvalue weighted by molar-refractivity contribution is -0.127. The third-order valence-electron chi connectivity index (χ3n) is 6.94. The summed E-state index contributed by atoms with van der Waals surface area (Å²) in [5.74, 6) is -0.0796. The molecule has 4 heterocycles. The lowest BCUT2D eigenvalue weighted by Gasteiger charge is -2.41. The predicted octanol–water partition coefficient (Wildman–Crippen LogP) is 3.38. The van der Waals surface area contributed by atoms with Gasteiger partial charge >= 0.3 is 0 Å². The minimum Gasteiger partial charge on any atom is -0.385 e. The van der Waals surface area contributed by atoms with Crippen molar-refractivity contribution in [2.45, 2.75) is 12.2 Å². The first kappa shape index (κ1) is 21.1. The number of likely N-dealkylation sites (N-methyl/N-ethyl adjacent to an activating group) is 1. The number of nitrogens with two attached hydrogens (primary N) is 1. The zero-order valence-corrected chi connectivity index (χ0v) is 19.1. The van der Waals surface area contributed by atoms with E-state index in [4.69, 9.17) is 10.7 Å². The topological polar surface area (TPSA) is 86.9 Å². The molecular weight excluding hydrogens is 443 g/mol. The quantitative estimate of drug-likeness (QED) is 0.578. The van der Waals surface area contributed by atoms with E-state index in [0.717, 1.165) is 38.9 Å². The second kappa shape index (κ2) is 7.80. The van der Waals surface area contributed by atoms with Gasteiger partial charge in [0.2, 0.25) is 5.91 Å². The van der Waals surface area contributed by atoms with E-state index in [1.807, 2.05) is 30.5 Å². The van der Waals surface area contributed by atoms with Gasteiger partial charge in [0, 0.05) is 47.4 Å². The van der Waals surface area contributed by atoms with Crippen molar-refractivity contribution in [2.75, 3.05) is 13.6 Å². The fourth-order valence-electron chi connectivity index (χ4n) is 5.28. The van der Waals surface area contributed by atoms with Crippen molar-refractivity contribution in [3.8, 4) is 0 Å². The molecule has 2 unspecified atom stereocenters. The fourth-order valence-corrected chi connectivity index (χ4v) is 5.28. The molecule has 0 spiro atoms. The highest BCUT2D eigenvalue weighted by Gasteiger charge is 2.46. The number of aliphatic imine (C=N–C) groups is 1. The number of benzene rings is 2. The summed E-state index contributed by atoms with van der Waals surface area (Å²) in [5, 5.41) is 4.02. The van der Waals surface area contributed by atoms with Gasteiger partial charge in [-0.15, -0.1) is 0 Å². The largest absolute Gasteiger partial charge is 0.385 e. The summed E-state index contributed by atoms with van der Waals surface area (Å²) in [6.45, 7) is 4.09. The van der Waals surface area contributed by atoms with Crippen molar-refractivity contribution in [3.63, 3.8) is 0 Å². The number of hydrogen-bond donors (Lipinski definition) is 2. The number of hydrogen-bond acceptors (Lipinski definition) is 6. The molecule has 8 heteroatoms. The summed E-state index contributed by atoms with van der Waals surface area (Å²) in [5.41, 5.74) is 12.3. The number of pyridine rings is 1. The molecule has 7 nitrogen and oxygen atoms in total. The standard InChI is InChI=1S/C27H23FN6O/c1-3-22(35)33(2)21-13-34-25(19-11-17(28)8-9-18(19)21)23(24-26(29)31-14-32-27(24)34)16-10-15-6-4-5-7-20(15)30-12-16/h3-12,14,21,27H,1,13,29H2,2H3,(H,31,32). The van der Waals surface area contributed by atoms with Gasteiger partial charge in [-0.05, 0) is 35.9 Å². The van der Waals surface area contributed by atoms with E-state index in [2.05, 4.69) is 27.8 Å². The average molecular weight is 467 g/mol. The molecule has 3 aromatic rings. The van der Waals surface area contributed by atoms with E-state index in [0.29, 0.717) is 17.9 Å². The zero-order chi connectivity index (χ0) is 24.3. The highest BCUT2D eigenvalue weighted by Crippen LogP contribution is 2.51. The highest BCUT2D eigenvalue weighted by atomic mass is 19.1. The molecule has 0 bridgehead atoms. The number of carbonyl (C=O) groups excluding carboxylic acids is 1.